The molecule has 3 N–H and O–H groups in total. The zero-order chi connectivity index (χ0) is 18.5. The van der Waals surface area contributed by atoms with Gasteiger partial charge in [0.1, 0.15) is 5.75 Å². The van der Waals surface area contributed by atoms with Crippen LogP contribution >= 0.6 is 0 Å². The van der Waals surface area contributed by atoms with Crippen molar-refractivity contribution in [3.63, 3.8) is 0 Å². The van der Waals surface area contributed by atoms with Gasteiger partial charge < -0.3 is 25.4 Å². The Balaban J connectivity index is 1.53. The molecule has 144 valence electrons. The molecule has 0 aromatic heterocycles. The van der Waals surface area contributed by atoms with E-state index in [1.165, 1.54) is 0 Å². The number of aromatic hydroxyl groups is 1. The molecule has 0 unspecified atom stereocenters. The molecule has 1 amide bonds. The number of rotatable bonds is 5. The van der Waals surface area contributed by atoms with Crippen LogP contribution in [0.3, 0.4) is 0 Å². The summed E-state index contributed by atoms with van der Waals surface area (Å²) in [6.07, 6.45) is 3.43. The van der Waals surface area contributed by atoms with E-state index in [-0.39, 0.29) is 29.7 Å². The Labute approximate surface area is 155 Å². The SMILES string of the molecule is CCCO[C@@H]1C[C@@H](C(=O)N2CCN(c3cccc(O)c3)CC2)CC[C@H]1N. The summed E-state index contributed by atoms with van der Waals surface area (Å²) >= 11 is 0. The summed E-state index contributed by atoms with van der Waals surface area (Å²) in [5, 5.41) is 9.65. The summed E-state index contributed by atoms with van der Waals surface area (Å²) in [5.74, 6) is 0.555. The number of carbonyl (C=O) groups is 1. The largest absolute Gasteiger partial charge is 0.508 e. The van der Waals surface area contributed by atoms with Gasteiger partial charge in [-0.15, -0.1) is 0 Å². The number of phenols is 1. The number of phenolic OH excluding ortho intramolecular Hbond substituents is 1. The van der Waals surface area contributed by atoms with Crippen LogP contribution < -0.4 is 10.6 Å². The smallest absolute Gasteiger partial charge is 0.225 e. The molecule has 1 saturated carbocycles. The van der Waals surface area contributed by atoms with E-state index >= 15 is 0 Å². The molecule has 1 aromatic carbocycles. The van der Waals surface area contributed by atoms with Gasteiger partial charge in [0, 0.05) is 56.5 Å². The average Bonchev–Trinajstić information content (AvgIpc) is 2.67. The Kier molecular flexibility index (Phi) is 6.38. The molecule has 2 fully saturated rings. The fourth-order valence-electron chi connectivity index (χ4n) is 3.97. The second-order valence-corrected chi connectivity index (χ2v) is 7.42. The predicted molar refractivity (Wildman–Crippen MR) is 102 cm³/mol. The van der Waals surface area contributed by atoms with Crippen molar-refractivity contribution in [3.05, 3.63) is 24.3 Å². The number of nitrogens with zero attached hydrogens (tertiary/aromatic N) is 2. The highest BCUT2D eigenvalue weighted by Crippen LogP contribution is 2.28. The van der Waals surface area contributed by atoms with Crippen molar-refractivity contribution in [3.8, 4) is 5.75 Å². The zero-order valence-corrected chi connectivity index (χ0v) is 15.6. The van der Waals surface area contributed by atoms with Gasteiger partial charge in [0.25, 0.3) is 0 Å². The lowest BCUT2D eigenvalue weighted by Crippen LogP contribution is -2.52. The van der Waals surface area contributed by atoms with E-state index in [1.807, 2.05) is 17.0 Å². The van der Waals surface area contributed by atoms with E-state index in [1.54, 1.807) is 12.1 Å². The lowest BCUT2D eigenvalue weighted by molar-refractivity contribution is -0.139. The molecule has 6 heteroatoms. The number of hydrogen-bond acceptors (Lipinski definition) is 5. The molecular weight excluding hydrogens is 330 g/mol. The quantitative estimate of drug-likeness (QED) is 0.838. The third-order valence-electron chi connectivity index (χ3n) is 5.51. The summed E-state index contributed by atoms with van der Waals surface area (Å²) in [4.78, 5) is 17.1. The number of carbonyl (C=O) groups excluding carboxylic acids is 1. The van der Waals surface area contributed by atoms with Gasteiger partial charge in [-0.25, -0.2) is 0 Å². The number of benzene rings is 1. The minimum absolute atomic E-state index is 0.00577. The van der Waals surface area contributed by atoms with E-state index in [0.717, 1.165) is 57.5 Å². The molecule has 1 aromatic rings. The van der Waals surface area contributed by atoms with E-state index < -0.39 is 0 Å². The summed E-state index contributed by atoms with van der Waals surface area (Å²) in [7, 11) is 0. The topological polar surface area (TPSA) is 79.0 Å². The standard InChI is InChI=1S/C20H31N3O3/c1-2-12-26-19-13-15(6-7-18(19)21)20(25)23-10-8-22(9-11-23)16-4-3-5-17(24)14-16/h3-5,14-15,18-19,24H,2,6-13,21H2,1H3/t15-,18+,19+/m0/s1. The Morgan fingerprint density at radius 2 is 2.04 bits per heavy atom. The van der Waals surface area contributed by atoms with E-state index in [2.05, 4.69) is 11.8 Å². The first kappa shape index (κ1) is 19.0. The maximum absolute atomic E-state index is 12.9. The zero-order valence-electron chi connectivity index (χ0n) is 15.6. The van der Waals surface area contributed by atoms with Crippen LogP contribution in [0.1, 0.15) is 32.6 Å². The molecule has 3 rings (SSSR count). The molecule has 6 nitrogen and oxygen atoms in total. The normalized spacial score (nSPS) is 26.8. The second-order valence-electron chi connectivity index (χ2n) is 7.42. The molecule has 1 aliphatic heterocycles. The second kappa shape index (κ2) is 8.73. The van der Waals surface area contributed by atoms with Crippen molar-refractivity contribution >= 4 is 11.6 Å². The van der Waals surface area contributed by atoms with Crippen LogP contribution in [-0.2, 0) is 9.53 Å². The summed E-state index contributed by atoms with van der Waals surface area (Å²) in [6, 6.07) is 7.34. The molecule has 2 aliphatic rings. The lowest BCUT2D eigenvalue weighted by Gasteiger charge is -2.40. The monoisotopic (exact) mass is 361 g/mol. The minimum atomic E-state index is 0.00577. The van der Waals surface area contributed by atoms with Gasteiger partial charge in [-0.05, 0) is 37.8 Å². The third kappa shape index (κ3) is 4.48. The van der Waals surface area contributed by atoms with E-state index in [0.29, 0.717) is 6.61 Å². The number of piperazine rings is 1. The van der Waals surface area contributed by atoms with Gasteiger partial charge in [0.05, 0.1) is 6.10 Å². The van der Waals surface area contributed by atoms with Crippen LogP contribution in [0.5, 0.6) is 5.75 Å². The maximum Gasteiger partial charge on any atom is 0.225 e. The number of ether oxygens (including phenoxy) is 1. The Morgan fingerprint density at radius 3 is 2.73 bits per heavy atom. The molecular formula is C20H31N3O3. The first-order valence-corrected chi connectivity index (χ1v) is 9.78. The van der Waals surface area contributed by atoms with Gasteiger partial charge in [0.2, 0.25) is 5.91 Å². The summed E-state index contributed by atoms with van der Waals surface area (Å²) in [6.45, 7) is 5.81. The fraction of sp³-hybridized carbons (Fsp3) is 0.650. The number of hydrogen-bond donors (Lipinski definition) is 2. The maximum atomic E-state index is 12.9. The predicted octanol–water partition coefficient (Wildman–Crippen LogP) is 1.96. The molecule has 1 saturated heterocycles. The van der Waals surface area contributed by atoms with Crippen molar-refractivity contribution in [2.45, 2.75) is 44.8 Å². The van der Waals surface area contributed by atoms with Gasteiger partial charge in [0.15, 0.2) is 0 Å². The van der Waals surface area contributed by atoms with E-state index in [4.69, 9.17) is 10.5 Å². The first-order chi connectivity index (χ1) is 12.6. The van der Waals surface area contributed by atoms with Crippen molar-refractivity contribution in [2.75, 3.05) is 37.7 Å². The highest BCUT2D eigenvalue weighted by atomic mass is 16.5. The molecule has 0 radical (unpaired) electrons. The molecule has 0 bridgehead atoms. The van der Waals surface area contributed by atoms with Crippen LogP contribution in [0.25, 0.3) is 0 Å². The number of anilines is 1. The van der Waals surface area contributed by atoms with Crippen LogP contribution in [0.2, 0.25) is 0 Å². The summed E-state index contributed by atoms with van der Waals surface area (Å²) < 4.78 is 5.87. The van der Waals surface area contributed by atoms with Crippen molar-refractivity contribution in [1.29, 1.82) is 0 Å². The lowest BCUT2D eigenvalue weighted by atomic mass is 9.83. The van der Waals surface area contributed by atoms with Gasteiger partial charge in [-0.3, -0.25) is 4.79 Å². The van der Waals surface area contributed by atoms with E-state index in [9.17, 15) is 9.90 Å². The van der Waals surface area contributed by atoms with Gasteiger partial charge in [-0.2, -0.15) is 0 Å². The highest BCUT2D eigenvalue weighted by molar-refractivity contribution is 5.79. The van der Waals surface area contributed by atoms with Crippen LogP contribution in [-0.4, -0.2) is 60.8 Å². The average molecular weight is 361 g/mol. The van der Waals surface area contributed by atoms with Gasteiger partial charge in [-0.1, -0.05) is 13.0 Å². The van der Waals surface area contributed by atoms with Crippen LogP contribution in [0, 0.1) is 5.92 Å². The molecule has 1 aliphatic carbocycles. The minimum Gasteiger partial charge on any atom is -0.508 e. The Bertz CT molecular complexity index is 602. The molecule has 3 atom stereocenters. The molecule has 26 heavy (non-hydrogen) atoms. The molecule has 0 spiro atoms. The van der Waals surface area contributed by atoms with Crippen molar-refractivity contribution in [1.82, 2.24) is 4.90 Å². The molecule has 1 heterocycles. The first-order valence-electron chi connectivity index (χ1n) is 9.78. The highest BCUT2D eigenvalue weighted by Gasteiger charge is 2.35. The van der Waals surface area contributed by atoms with Crippen LogP contribution in [0.4, 0.5) is 5.69 Å². The fourth-order valence-corrected chi connectivity index (χ4v) is 3.97. The number of amides is 1. The Morgan fingerprint density at radius 1 is 1.27 bits per heavy atom. The van der Waals surface area contributed by atoms with Crippen LogP contribution in [0.15, 0.2) is 24.3 Å². The van der Waals surface area contributed by atoms with Gasteiger partial charge >= 0.3 is 0 Å². The van der Waals surface area contributed by atoms with Crippen molar-refractivity contribution < 1.29 is 14.6 Å². The summed E-state index contributed by atoms with van der Waals surface area (Å²) in [5.41, 5.74) is 7.19. The Hall–Kier alpha value is -1.79. The third-order valence-corrected chi connectivity index (χ3v) is 5.51. The van der Waals surface area contributed by atoms with Crippen molar-refractivity contribution in [2.24, 2.45) is 11.7 Å². The number of nitrogens with two attached hydrogens (primary N) is 1.